The largest absolute Gasteiger partial charge is 0.400 e. The molecule has 36 heavy (non-hydrogen) atoms. The van der Waals surface area contributed by atoms with Gasteiger partial charge in [0.15, 0.2) is 0 Å². The van der Waals surface area contributed by atoms with Gasteiger partial charge >= 0.3 is 0 Å². The van der Waals surface area contributed by atoms with Crippen LogP contribution in [0.2, 0.25) is 0 Å². The maximum Gasteiger partial charge on any atom is 0.259 e. The molecule has 5 nitrogen and oxygen atoms in total. The third-order valence-electron chi connectivity index (χ3n) is 6.26. The topological polar surface area (TPSA) is 58.4 Å². The van der Waals surface area contributed by atoms with Gasteiger partial charge < -0.3 is 5.11 Å². The predicted octanol–water partition coefficient (Wildman–Crippen LogP) is 5.38. The standard InChI is InChI=1S/C28H27N3O.C2H6.CH4O/c1-21-29-26-17-18-30(19-22-11-5-2-6-12-22)20-25(26)28(32)31(21)27(23-13-7-3-8-14-23)24-15-9-4-10-16-24;2*1-2/h2-16,27H,17-20H2,1H3;1-2H3;2H,1H3. The number of benzene rings is 3. The van der Waals surface area contributed by atoms with Gasteiger partial charge in [-0.1, -0.05) is 105 Å². The minimum atomic E-state index is -0.202. The fraction of sp³-hybridized carbons (Fsp3) is 0.290. The molecule has 0 aliphatic carbocycles. The van der Waals surface area contributed by atoms with Crippen molar-refractivity contribution >= 4 is 0 Å². The number of hydrogen-bond donors (Lipinski definition) is 1. The number of fused-ring (bicyclic) bond motifs is 1. The van der Waals surface area contributed by atoms with Crippen LogP contribution in [-0.4, -0.2) is 33.2 Å². The van der Waals surface area contributed by atoms with Gasteiger partial charge in [-0.2, -0.15) is 0 Å². The Morgan fingerprint density at radius 2 is 1.33 bits per heavy atom. The van der Waals surface area contributed by atoms with Gasteiger partial charge in [0.05, 0.1) is 17.3 Å². The van der Waals surface area contributed by atoms with Gasteiger partial charge in [0.1, 0.15) is 5.82 Å². The molecule has 0 bridgehead atoms. The molecule has 0 saturated carbocycles. The van der Waals surface area contributed by atoms with E-state index in [1.165, 1.54) is 5.56 Å². The Kier molecular flexibility index (Phi) is 10.2. The van der Waals surface area contributed by atoms with E-state index >= 15 is 0 Å². The van der Waals surface area contributed by atoms with Crippen molar-refractivity contribution in [1.82, 2.24) is 14.5 Å². The zero-order chi connectivity index (χ0) is 25.9. The van der Waals surface area contributed by atoms with Gasteiger partial charge in [0.25, 0.3) is 5.56 Å². The summed E-state index contributed by atoms with van der Waals surface area (Å²) in [7, 11) is 1.00. The van der Waals surface area contributed by atoms with E-state index in [2.05, 4.69) is 53.4 Å². The molecule has 0 spiro atoms. The molecule has 1 aliphatic heterocycles. The molecule has 188 valence electrons. The molecule has 4 aromatic rings. The number of hydrogen-bond acceptors (Lipinski definition) is 4. The van der Waals surface area contributed by atoms with Crippen LogP contribution in [0, 0.1) is 6.92 Å². The molecule has 0 radical (unpaired) electrons. The second-order valence-electron chi connectivity index (χ2n) is 8.43. The van der Waals surface area contributed by atoms with Gasteiger partial charge in [0, 0.05) is 33.2 Å². The fourth-order valence-corrected chi connectivity index (χ4v) is 4.71. The molecule has 0 amide bonds. The highest BCUT2D eigenvalue weighted by atomic mass is 16.2. The van der Waals surface area contributed by atoms with Crippen molar-refractivity contribution in [3.8, 4) is 0 Å². The molecule has 3 aromatic carbocycles. The maximum atomic E-state index is 13.9. The van der Waals surface area contributed by atoms with Crippen molar-refractivity contribution in [2.75, 3.05) is 13.7 Å². The van der Waals surface area contributed by atoms with Gasteiger partial charge in [0.2, 0.25) is 0 Å². The minimum absolute atomic E-state index is 0.0722. The summed E-state index contributed by atoms with van der Waals surface area (Å²) in [6.07, 6.45) is 0.806. The first-order valence-corrected chi connectivity index (χ1v) is 12.6. The molecule has 1 aromatic heterocycles. The van der Waals surface area contributed by atoms with Crippen LogP contribution >= 0.6 is 0 Å². The van der Waals surface area contributed by atoms with E-state index in [-0.39, 0.29) is 11.6 Å². The number of rotatable bonds is 5. The van der Waals surface area contributed by atoms with Crippen molar-refractivity contribution in [1.29, 1.82) is 0 Å². The monoisotopic (exact) mass is 483 g/mol. The molecule has 5 heteroatoms. The number of nitrogens with zero attached hydrogens (tertiary/aromatic N) is 3. The molecule has 0 unspecified atom stereocenters. The normalized spacial score (nSPS) is 12.6. The third kappa shape index (κ3) is 6.17. The highest BCUT2D eigenvalue weighted by molar-refractivity contribution is 5.35. The Morgan fingerprint density at radius 3 is 1.86 bits per heavy atom. The van der Waals surface area contributed by atoms with Crippen LogP contribution in [0.4, 0.5) is 0 Å². The summed E-state index contributed by atoms with van der Waals surface area (Å²) in [6.45, 7) is 8.34. The molecule has 0 atom stereocenters. The van der Waals surface area contributed by atoms with E-state index in [0.717, 1.165) is 54.8 Å². The van der Waals surface area contributed by atoms with Crippen LogP contribution < -0.4 is 5.56 Å². The Hall–Kier alpha value is -3.54. The molecule has 0 fully saturated rings. The number of aryl methyl sites for hydroxylation is 1. The van der Waals surface area contributed by atoms with E-state index in [1.807, 2.05) is 67.8 Å². The minimum Gasteiger partial charge on any atom is -0.400 e. The number of aliphatic hydroxyl groups is 1. The Labute approximate surface area is 214 Å². The van der Waals surface area contributed by atoms with Crippen LogP contribution in [0.5, 0.6) is 0 Å². The van der Waals surface area contributed by atoms with Crippen LogP contribution in [0.1, 0.15) is 53.7 Å². The molecule has 5 rings (SSSR count). The molecular weight excluding hydrogens is 446 g/mol. The molecule has 2 heterocycles. The average Bonchev–Trinajstić information content (AvgIpc) is 2.95. The number of aliphatic hydroxyl groups excluding tert-OH is 1. The fourth-order valence-electron chi connectivity index (χ4n) is 4.71. The summed E-state index contributed by atoms with van der Waals surface area (Å²) in [4.78, 5) is 21.2. The summed E-state index contributed by atoms with van der Waals surface area (Å²) in [5, 5.41) is 7.00. The van der Waals surface area contributed by atoms with Crippen molar-refractivity contribution in [3.05, 3.63) is 135 Å². The Bertz CT molecular complexity index is 1220. The summed E-state index contributed by atoms with van der Waals surface area (Å²) < 4.78 is 1.88. The SMILES string of the molecule is CC.CO.Cc1nc2c(c(=O)n1C(c1ccccc1)c1ccccc1)CN(Cc1ccccc1)CC2. The lowest BCUT2D eigenvalue weighted by Gasteiger charge is -2.30. The van der Waals surface area contributed by atoms with Crippen LogP contribution in [0.15, 0.2) is 95.8 Å². The Morgan fingerprint density at radius 1 is 0.833 bits per heavy atom. The first-order valence-electron chi connectivity index (χ1n) is 12.6. The zero-order valence-corrected chi connectivity index (χ0v) is 21.8. The van der Waals surface area contributed by atoms with Crippen molar-refractivity contribution in [2.45, 2.75) is 46.3 Å². The lowest BCUT2D eigenvalue weighted by molar-refractivity contribution is 0.240. The first-order chi connectivity index (χ1) is 17.7. The maximum absolute atomic E-state index is 13.9. The molecule has 0 saturated heterocycles. The van der Waals surface area contributed by atoms with E-state index in [9.17, 15) is 4.79 Å². The van der Waals surface area contributed by atoms with Crippen LogP contribution in [-0.2, 0) is 19.5 Å². The highest BCUT2D eigenvalue weighted by Crippen LogP contribution is 2.27. The van der Waals surface area contributed by atoms with Crippen LogP contribution in [0.25, 0.3) is 0 Å². The van der Waals surface area contributed by atoms with Gasteiger partial charge in [-0.15, -0.1) is 0 Å². The van der Waals surface area contributed by atoms with Gasteiger partial charge in [-0.3, -0.25) is 14.3 Å². The zero-order valence-electron chi connectivity index (χ0n) is 21.8. The van der Waals surface area contributed by atoms with Gasteiger partial charge in [-0.25, -0.2) is 4.98 Å². The molecular formula is C31H37N3O2. The lowest BCUT2D eigenvalue weighted by atomic mass is 9.97. The summed E-state index contributed by atoms with van der Waals surface area (Å²) in [5.41, 5.74) is 5.29. The van der Waals surface area contributed by atoms with E-state index in [4.69, 9.17) is 10.1 Å². The van der Waals surface area contributed by atoms with Crippen molar-refractivity contribution < 1.29 is 5.11 Å². The Balaban J connectivity index is 0.000000861. The van der Waals surface area contributed by atoms with Crippen molar-refractivity contribution in [2.24, 2.45) is 0 Å². The second kappa shape index (κ2) is 13.5. The second-order valence-corrected chi connectivity index (χ2v) is 8.43. The van der Waals surface area contributed by atoms with E-state index in [0.29, 0.717) is 6.54 Å². The lowest BCUT2D eigenvalue weighted by Crippen LogP contribution is -2.40. The smallest absolute Gasteiger partial charge is 0.259 e. The average molecular weight is 484 g/mol. The third-order valence-corrected chi connectivity index (χ3v) is 6.26. The van der Waals surface area contributed by atoms with E-state index in [1.54, 1.807) is 0 Å². The van der Waals surface area contributed by atoms with E-state index < -0.39 is 0 Å². The number of aromatic nitrogens is 2. The van der Waals surface area contributed by atoms with Crippen LogP contribution in [0.3, 0.4) is 0 Å². The molecule has 1 aliphatic rings. The summed E-state index contributed by atoms with van der Waals surface area (Å²) in [5.74, 6) is 0.767. The summed E-state index contributed by atoms with van der Waals surface area (Å²) in [6, 6.07) is 30.7. The van der Waals surface area contributed by atoms with Crippen molar-refractivity contribution in [3.63, 3.8) is 0 Å². The molecule has 1 N–H and O–H groups in total. The first kappa shape index (κ1) is 27.1. The highest BCUT2D eigenvalue weighted by Gasteiger charge is 2.26. The predicted molar refractivity (Wildman–Crippen MR) is 147 cm³/mol. The van der Waals surface area contributed by atoms with Gasteiger partial charge in [-0.05, 0) is 23.6 Å². The quantitative estimate of drug-likeness (QED) is 0.414. The summed E-state index contributed by atoms with van der Waals surface area (Å²) >= 11 is 0.